The minimum absolute atomic E-state index is 0.00521. The van der Waals surface area contributed by atoms with Gasteiger partial charge in [0.25, 0.3) is 0 Å². The number of carbonyl (C=O) groups is 1. The number of nitrogens with zero attached hydrogens (tertiary/aromatic N) is 3. The number of halogens is 1. The highest BCUT2D eigenvalue weighted by Crippen LogP contribution is 2.51. The van der Waals surface area contributed by atoms with Gasteiger partial charge in [-0.1, -0.05) is 32.1 Å². The van der Waals surface area contributed by atoms with Crippen LogP contribution >= 0.6 is 0 Å². The summed E-state index contributed by atoms with van der Waals surface area (Å²) in [6.07, 6.45) is 6.28. The fourth-order valence-electron chi connectivity index (χ4n) is 8.82. The zero-order chi connectivity index (χ0) is 33.2. The average Bonchev–Trinajstić information content (AvgIpc) is 3.50. The van der Waals surface area contributed by atoms with Gasteiger partial charge in [-0.3, -0.25) is 0 Å². The van der Waals surface area contributed by atoms with Gasteiger partial charge in [0, 0.05) is 54.1 Å². The Morgan fingerprint density at radius 3 is 2.34 bits per heavy atom. The molecule has 3 heterocycles. The fraction of sp³-hybridized carbons (Fsp3) is 0.595. The summed E-state index contributed by atoms with van der Waals surface area (Å²) < 4.78 is 45.2. The topological polar surface area (TPSA) is 82.2 Å². The molecule has 256 valence electrons. The Hall–Kier alpha value is -2.95. The van der Waals surface area contributed by atoms with Crippen LogP contribution in [0.4, 0.5) is 14.9 Å². The van der Waals surface area contributed by atoms with Gasteiger partial charge in [0.1, 0.15) is 5.82 Å². The summed E-state index contributed by atoms with van der Waals surface area (Å²) in [5, 5.41) is 3.18. The molecule has 0 spiro atoms. The Kier molecular flexibility index (Phi) is 10.3. The summed E-state index contributed by atoms with van der Waals surface area (Å²) in [6.45, 7) is 13.5. The maximum absolute atomic E-state index is 14.9. The van der Waals surface area contributed by atoms with E-state index in [1.54, 1.807) is 31.2 Å². The lowest BCUT2D eigenvalue weighted by molar-refractivity contribution is 0.0223. The molecular formula is C37H51FN4O4S. The second-order valence-electron chi connectivity index (χ2n) is 14.2. The summed E-state index contributed by atoms with van der Waals surface area (Å²) in [4.78, 5) is 20.4. The Morgan fingerprint density at radius 2 is 1.72 bits per heavy atom. The second-order valence-corrected chi connectivity index (χ2v) is 16.3. The zero-order valence-corrected chi connectivity index (χ0v) is 28.8. The molecule has 4 fully saturated rings. The lowest BCUT2D eigenvalue weighted by atomic mass is 9.57. The van der Waals surface area contributed by atoms with E-state index in [-0.39, 0.29) is 34.2 Å². The number of benzene rings is 2. The van der Waals surface area contributed by atoms with E-state index in [0.29, 0.717) is 23.2 Å². The number of rotatable bonds is 12. The first-order valence-corrected chi connectivity index (χ1v) is 19.0. The van der Waals surface area contributed by atoms with Gasteiger partial charge in [0.2, 0.25) is 9.84 Å². The van der Waals surface area contributed by atoms with Crippen molar-refractivity contribution in [2.24, 2.45) is 17.8 Å². The van der Waals surface area contributed by atoms with Gasteiger partial charge in [0.15, 0.2) is 0 Å². The van der Waals surface area contributed by atoms with Gasteiger partial charge < -0.3 is 24.8 Å². The molecule has 1 amide bonds. The second kappa shape index (κ2) is 14.3. The van der Waals surface area contributed by atoms with Crippen molar-refractivity contribution in [1.82, 2.24) is 15.1 Å². The Morgan fingerprint density at radius 1 is 1.00 bits per heavy atom. The van der Waals surface area contributed by atoms with Gasteiger partial charge in [-0.15, -0.1) is 0 Å². The quantitative estimate of drug-likeness (QED) is 0.305. The van der Waals surface area contributed by atoms with Crippen molar-refractivity contribution >= 4 is 21.6 Å². The van der Waals surface area contributed by atoms with Crippen LogP contribution < -0.4 is 10.2 Å². The first-order chi connectivity index (χ1) is 22.6. The van der Waals surface area contributed by atoms with E-state index in [2.05, 4.69) is 32.7 Å². The third-order valence-corrected chi connectivity index (χ3v) is 13.5. The molecular weight excluding hydrogens is 615 g/mol. The van der Waals surface area contributed by atoms with Gasteiger partial charge in [-0.2, -0.15) is 0 Å². The zero-order valence-electron chi connectivity index (χ0n) is 28.0. The lowest BCUT2D eigenvalue weighted by Gasteiger charge is -2.54. The molecule has 0 aromatic heterocycles. The van der Waals surface area contributed by atoms with E-state index in [4.69, 9.17) is 4.74 Å². The number of amides is 1. The number of likely N-dealkylation sites (tertiary alicyclic amines) is 2. The van der Waals surface area contributed by atoms with E-state index in [9.17, 15) is 17.6 Å². The summed E-state index contributed by atoms with van der Waals surface area (Å²) in [5.74, 6) is 0.956. The minimum Gasteiger partial charge on any atom is -0.453 e. The van der Waals surface area contributed by atoms with Gasteiger partial charge in [0.05, 0.1) is 12.0 Å². The number of hydrogen-bond acceptors (Lipinski definition) is 7. The third-order valence-electron chi connectivity index (χ3n) is 11.5. The lowest BCUT2D eigenvalue weighted by Crippen LogP contribution is -2.60. The van der Waals surface area contributed by atoms with E-state index >= 15 is 0 Å². The molecule has 2 aromatic carbocycles. The monoisotopic (exact) mass is 666 g/mol. The summed E-state index contributed by atoms with van der Waals surface area (Å²) in [7, 11) is -2.05. The third kappa shape index (κ3) is 6.97. The van der Waals surface area contributed by atoms with Gasteiger partial charge in [-0.25, -0.2) is 17.6 Å². The highest BCUT2D eigenvalue weighted by atomic mass is 32.2. The number of anilines is 1. The predicted molar refractivity (Wildman–Crippen MR) is 184 cm³/mol. The van der Waals surface area contributed by atoms with E-state index in [1.807, 2.05) is 18.2 Å². The van der Waals surface area contributed by atoms with Gasteiger partial charge >= 0.3 is 6.09 Å². The predicted octanol–water partition coefficient (Wildman–Crippen LogP) is 5.84. The van der Waals surface area contributed by atoms with Gasteiger partial charge in [-0.05, 0) is 119 Å². The van der Waals surface area contributed by atoms with Crippen LogP contribution in [0.5, 0.6) is 0 Å². The normalized spacial score (nSPS) is 24.3. The molecule has 47 heavy (non-hydrogen) atoms. The number of nitrogens with one attached hydrogen (secondary N) is 1. The van der Waals surface area contributed by atoms with Crippen LogP contribution in [0.3, 0.4) is 0 Å². The highest BCUT2D eigenvalue weighted by molar-refractivity contribution is 7.95. The van der Waals surface area contributed by atoms with Crippen LogP contribution in [0.2, 0.25) is 0 Å². The molecule has 0 bridgehead atoms. The Labute approximate surface area is 280 Å². The van der Waals surface area contributed by atoms with Crippen LogP contribution in [-0.4, -0.2) is 89.8 Å². The number of methoxy groups -OCH3 is 1. The number of hydrogen-bond donors (Lipinski definition) is 1. The largest absolute Gasteiger partial charge is 0.453 e. The molecule has 0 unspecified atom stereocenters. The van der Waals surface area contributed by atoms with Crippen LogP contribution in [0, 0.1) is 23.6 Å². The number of alkyl carbamates (subject to hydrolysis) is 1. The van der Waals surface area contributed by atoms with Crippen molar-refractivity contribution in [3.63, 3.8) is 0 Å². The van der Waals surface area contributed by atoms with E-state index in [1.165, 1.54) is 13.5 Å². The number of ether oxygens (including phenoxy) is 1. The van der Waals surface area contributed by atoms with Crippen molar-refractivity contribution in [2.45, 2.75) is 68.2 Å². The molecule has 2 aromatic rings. The smallest absolute Gasteiger partial charge is 0.407 e. The first kappa shape index (κ1) is 33.9. The number of sulfone groups is 1. The average molecular weight is 667 g/mol. The minimum atomic E-state index is -3.47. The molecule has 10 heteroatoms. The molecule has 4 aliphatic rings. The van der Waals surface area contributed by atoms with Crippen molar-refractivity contribution < 1.29 is 22.3 Å². The molecule has 3 aliphatic heterocycles. The Balaban J connectivity index is 1.13. The van der Waals surface area contributed by atoms with Crippen LogP contribution in [0.25, 0.3) is 0 Å². The molecule has 3 saturated heterocycles. The first-order valence-electron chi connectivity index (χ1n) is 17.5. The summed E-state index contributed by atoms with van der Waals surface area (Å²) in [5.41, 5.74) is 1.88. The highest BCUT2D eigenvalue weighted by Gasteiger charge is 2.53. The maximum Gasteiger partial charge on any atom is 0.407 e. The fourth-order valence-corrected chi connectivity index (χ4v) is 10.0. The number of carbonyl (C=O) groups excluding carboxylic acids is 1. The number of piperidine rings is 1. The van der Waals surface area contributed by atoms with Crippen molar-refractivity contribution in [2.75, 3.05) is 64.4 Å². The molecule has 1 N–H and O–H groups in total. The molecule has 0 radical (unpaired) electrons. The molecule has 3 atom stereocenters. The van der Waals surface area contributed by atoms with E-state index in [0.717, 1.165) is 95.7 Å². The summed E-state index contributed by atoms with van der Waals surface area (Å²) >= 11 is 0. The SMILES string of the molecule is C=C(CC)S(=O)(=O)c1ccc(N2CC(CN3CCC([C@@](CN4CCC4)(c4cccc(F)c4)[C@H]4CCC[C@@H]4NC(=O)OC)CC3)C2)cc1. The molecule has 1 saturated carbocycles. The van der Waals surface area contributed by atoms with Crippen molar-refractivity contribution in [3.8, 4) is 0 Å². The maximum atomic E-state index is 14.9. The molecule has 6 rings (SSSR count). The van der Waals surface area contributed by atoms with Crippen molar-refractivity contribution in [1.29, 1.82) is 0 Å². The van der Waals surface area contributed by atoms with E-state index < -0.39 is 9.84 Å². The molecule has 8 nitrogen and oxygen atoms in total. The van der Waals surface area contributed by atoms with Crippen LogP contribution in [0.1, 0.15) is 57.4 Å². The number of allylic oxidation sites excluding steroid dienone is 1. The Bertz CT molecular complexity index is 1520. The summed E-state index contributed by atoms with van der Waals surface area (Å²) in [6, 6.07) is 14.5. The molecule has 1 aliphatic carbocycles. The van der Waals surface area contributed by atoms with Crippen LogP contribution in [-0.2, 0) is 20.0 Å². The van der Waals surface area contributed by atoms with Crippen molar-refractivity contribution in [3.05, 3.63) is 71.4 Å². The standard InChI is InChI=1S/C37H51FN4O4S/c1-4-27(2)47(44,45)33-14-12-32(13-15-33)42-24-28(25-42)23-40-20-16-29(17-21-40)37(26-41-18-7-19-41,30-8-5-9-31(38)22-30)34-10-6-11-35(34)39-36(43)46-3/h5,8-9,12-15,22,28-29,34-35H,2,4,6-7,10-11,16-21,23-26H2,1,3H3,(H,39,43)/t34-,35-,37-/m0/s1. The van der Waals surface area contributed by atoms with Crippen LogP contribution in [0.15, 0.2) is 64.9 Å².